The van der Waals surface area contributed by atoms with Gasteiger partial charge in [-0.3, -0.25) is 4.68 Å². The minimum absolute atomic E-state index is 0.105. The zero-order valence-electron chi connectivity index (χ0n) is 6.51. The molecule has 1 aromatic heterocycles. The van der Waals surface area contributed by atoms with E-state index in [0.717, 1.165) is 0 Å². The number of rotatable bonds is 2. The number of aryl methyl sites for hydroxylation is 2. The van der Waals surface area contributed by atoms with E-state index < -0.39 is 6.43 Å². The van der Waals surface area contributed by atoms with Crippen molar-refractivity contribution in [1.29, 1.82) is 0 Å². The molecule has 0 N–H and O–H groups in total. The third kappa shape index (κ3) is 1.56. The Kier molecular flexibility index (Phi) is 2.22. The van der Waals surface area contributed by atoms with Gasteiger partial charge in [-0.15, -0.1) is 0 Å². The Morgan fingerprint density at radius 3 is 2.55 bits per heavy atom. The Morgan fingerprint density at radius 2 is 2.27 bits per heavy atom. The number of halogens is 2. The van der Waals surface area contributed by atoms with Crippen LogP contribution in [0.4, 0.5) is 8.78 Å². The topological polar surface area (TPSA) is 17.8 Å². The molecule has 0 radical (unpaired) electrons. The Morgan fingerprint density at radius 1 is 1.64 bits per heavy atom. The van der Waals surface area contributed by atoms with Gasteiger partial charge in [0.1, 0.15) is 5.69 Å². The fourth-order valence-corrected chi connectivity index (χ4v) is 0.914. The van der Waals surface area contributed by atoms with Crippen LogP contribution >= 0.6 is 0 Å². The van der Waals surface area contributed by atoms with Gasteiger partial charge in [0.2, 0.25) is 0 Å². The van der Waals surface area contributed by atoms with E-state index in [9.17, 15) is 8.78 Å². The van der Waals surface area contributed by atoms with E-state index in [1.165, 1.54) is 4.68 Å². The molecule has 11 heavy (non-hydrogen) atoms. The van der Waals surface area contributed by atoms with Crippen molar-refractivity contribution in [3.63, 3.8) is 0 Å². The molecule has 0 bridgehead atoms. The number of nitrogens with zero attached hydrogens (tertiary/aromatic N) is 2. The van der Waals surface area contributed by atoms with Gasteiger partial charge in [-0.2, -0.15) is 5.10 Å². The first-order valence-electron chi connectivity index (χ1n) is 3.47. The summed E-state index contributed by atoms with van der Waals surface area (Å²) in [7, 11) is 0. The smallest absolute Gasteiger partial charge is 0.272 e. The van der Waals surface area contributed by atoms with Crippen molar-refractivity contribution >= 4 is 0 Å². The van der Waals surface area contributed by atoms with Crippen molar-refractivity contribution in [3.05, 3.63) is 17.5 Å². The van der Waals surface area contributed by atoms with Crippen LogP contribution in [0.3, 0.4) is 0 Å². The molecule has 62 valence electrons. The maximum absolute atomic E-state index is 12.1. The molecule has 1 heterocycles. The van der Waals surface area contributed by atoms with Gasteiger partial charge >= 0.3 is 0 Å². The highest BCUT2D eigenvalue weighted by atomic mass is 19.3. The largest absolute Gasteiger partial charge is 0.282 e. The van der Waals surface area contributed by atoms with Crippen LogP contribution in [-0.2, 0) is 6.54 Å². The predicted molar refractivity (Wildman–Crippen MR) is 37.6 cm³/mol. The molecule has 1 rings (SSSR count). The first-order valence-corrected chi connectivity index (χ1v) is 3.47. The van der Waals surface area contributed by atoms with Gasteiger partial charge in [0, 0.05) is 12.7 Å². The van der Waals surface area contributed by atoms with Crippen molar-refractivity contribution in [2.75, 3.05) is 0 Å². The zero-order valence-corrected chi connectivity index (χ0v) is 6.51. The summed E-state index contributed by atoms with van der Waals surface area (Å²) in [6.07, 6.45) is -0.829. The van der Waals surface area contributed by atoms with Crippen molar-refractivity contribution in [3.8, 4) is 0 Å². The Bertz CT molecular complexity index is 243. The highest BCUT2D eigenvalue weighted by Gasteiger charge is 2.14. The Labute approximate surface area is 63.8 Å². The lowest BCUT2D eigenvalue weighted by atomic mass is 10.3. The maximum atomic E-state index is 12.1. The maximum Gasteiger partial charge on any atom is 0.282 e. The second-order valence-corrected chi connectivity index (χ2v) is 2.35. The molecule has 0 saturated heterocycles. The molecule has 0 aromatic carbocycles. The van der Waals surface area contributed by atoms with E-state index in [1.54, 1.807) is 13.1 Å². The fraction of sp³-hybridized carbons (Fsp3) is 0.571. The van der Waals surface area contributed by atoms with Crippen LogP contribution in [0, 0.1) is 6.92 Å². The zero-order chi connectivity index (χ0) is 8.43. The van der Waals surface area contributed by atoms with Gasteiger partial charge in [-0.05, 0) is 19.4 Å². The fourth-order valence-electron chi connectivity index (χ4n) is 0.914. The summed E-state index contributed by atoms with van der Waals surface area (Å²) in [5.41, 5.74) is 0.453. The number of aromatic nitrogens is 2. The summed E-state index contributed by atoms with van der Waals surface area (Å²) >= 11 is 0. The molecular formula is C7H10F2N2. The summed E-state index contributed by atoms with van der Waals surface area (Å²) in [6, 6.07) is 0. The predicted octanol–water partition coefficient (Wildman–Crippen LogP) is 2.15. The van der Waals surface area contributed by atoms with E-state index in [4.69, 9.17) is 0 Å². The molecule has 0 aliphatic carbocycles. The van der Waals surface area contributed by atoms with Gasteiger partial charge < -0.3 is 0 Å². The minimum Gasteiger partial charge on any atom is -0.272 e. The van der Waals surface area contributed by atoms with E-state index >= 15 is 0 Å². The van der Waals surface area contributed by atoms with Crippen molar-refractivity contribution in [2.45, 2.75) is 26.8 Å². The number of alkyl halides is 2. The molecule has 0 spiro atoms. The summed E-state index contributed by atoms with van der Waals surface area (Å²) < 4.78 is 25.7. The summed E-state index contributed by atoms with van der Waals surface area (Å²) in [6.45, 7) is 4.13. The van der Waals surface area contributed by atoms with Crippen LogP contribution in [-0.4, -0.2) is 9.78 Å². The summed E-state index contributed by atoms with van der Waals surface area (Å²) in [5, 5.41) is 3.69. The van der Waals surface area contributed by atoms with Crippen LogP contribution < -0.4 is 0 Å². The highest BCUT2D eigenvalue weighted by molar-refractivity contribution is 5.15. The van der Waals surface area contributed by atoms with E-state index in [1.807, 2.05) is 6.92 Å². The standard InChI is InChI=1S/C7H10F2N2/c1-3-11-4-5(2)6(10-11)7(8)9/h4,7H,3H2,1-2H3. The van der Waals surface area contributed by atoms with Gasteiger partial charge in [-0.1, -0.05) is 0 Å². The van der Waals surface area contributed by atoms with E-state index in [-0.39, 0.29) is 5.69 Å². The first kappa shape index (κ1) is 8.17. The number of hydrogen-bond acceptors (Lipinski definition) is 1. The normalized spacial score (nSPS) is 11.0. The second-order valence-electron chi connectivity index (χ2n) is 2.35. The van der Waals surface area contributed by atoms with Crippen molar-refractivity contribution in [2.24, 2.45) is 0 Å². The van der Waals surface area contributed by atoms with E-state index in [2.05, 4.69) is 5.10 Å². The van der Waals surface area contributed by atoms with Crippen LogP contribution in [0.2, 0.25) is 0 Å². The Balaban J connectivity index is 2.97. The van der Waals surface area contributed by atoms with E-state index in [0.29, 0.717) is 12.1 Å². The molecule has 0 fully saturated rings. The average Bonchev–Trinajstić information content (AvgIpc) is 2.30. The van der Waals surface area contributed by atoms with Crippen LogP contribution in [0.25, 0.3) is 0 Å². The van der Waals surface area contributed by atoms with Gasteiger partial charge in [-0.25, -0.2) is 8.78 Å². The van der Waals surface area contributed by atoms with Crippen LogP contribution in [0.1, 0.15) is 24.6 Å². The first-order chi connectivity index (χ1) is 5.15. The monoisotopic (exact) mass is 160 g/mol. The SMILES string of the molecule is CCn1cc(C)c(C(F)F)n1. The molecule has 2 nitrogen and oxygen atoms in total. The average molecular weight is 160 g/mol. The lowest BCUT2D eigenvalue weighted by Gasteiger charge is -1.93. The van der Waals surface area contributed by atoms with Gasteiger partial charge in [0.15, 0.2) is 0 Å². The Hall–Kier alpha value is -0.930. The highest BCUT2D eigenvalue weighted by Crippen LogP contribution is 2.19. The second kappa shape index (κ2) is 2.98. The third-order valence-electron chi connectivity index (χ3n) is 1.51. The molecule has 0 aliphatic rings. The molecule has 0 amide bonds. The summed E-state index contributed by atoms with van der Waals surface area (Å²) in [5.74, 6) is 0. The molecule has 0 unspecified atom stereocenters. The van der Waals surface area contributed by atoms with Gasteiger partial charge in [0.05, 0.1) is 0 Å². The lowest BCUT2D eigenvalue weighted by Crippen LogP contribution is -1.95. The lowest BCUT2D eigenvalue weighted by molar-refractivity contribution is 0.144. The van der Waals surface area contributed by atoms with Crippen molar-refractivity contribution < 1.29 is 8.78 Å². The summed E-state index contributed by atoms with van der Waals surface area (Å²) in [4.78, 5) is 0. The third-order valence-corrected chi connectivity index (χ3v) is 1.51. The molecule has 0 saturated carbocycles. The molecule has 0 atom stereocenters. The molecule has 1 aromatic rings. The minimum atomic E-state index is -2.46. The number of hydrogen-bond donors (Lipinski definition) is 0. The quantitative estimate of drug-likeness (QED) is 0.648. The van der Waals surface area contributed by atoms with Gasteiger partial charge in [0.25, 0.3) is 6.43 Å². The molecule has 0 aliphatic heterocycles. The van der Waals surface area contributed by atoms with Crippen LogP contribution in [0.5, 0.6) is 0 Å². The molecule has 4 heteroatoms. The molecular weight excluding hydrogens is 150 g/mol. The van der Waals surface area contributed by atoms with Crippen molar-refractivity contribution in [1.82, 2.24) is 9.78 Å². The van der Waals surface area contributed by atoms with Crippen LogP contribution in [0.15, 0.2) is 6.20 Å².